The number of para-hydroxylation sites is 2. The lowest BCUT2D eigenvalue weighted by atomic mass is 9.77. The molecule has 1 heterocycles. The molecule has 4 heteroatoms. The van der Waals surface area contributed by atoms with Crippen LogP contribution in [-0.4, -0.2) is 15.7 Å². The number of H-pyrrole nitrogens is 1. The van der Waals surface area contributed by atoms with Crippen LogP contribution in [0.5, 0.6) is 0 Å². The van der Waals surface area contributed by atoms with Gasteiger partial charge in [0.15, 0.2) is 0 Å². The molecule has 2 N–H and O–H groups in total. The van der Waals surface area contributed by atoms with Crippen LogP contribution in [0.2, 0.25) is 0 Å². The standard InChI is InChI=1S/C16H20N4/c1-11-8-12(10-16(2,3)9-11)19-20-15-17-13-6-4-5-7-14(13)18-15/h4-8H,9-10H2,1-3H3,(H2,17,18,20)/b19-12+. The Morgan fingerprint density at radius 1 is 1.25 bits per heavy atom. The van der Waals surface area contributed by atoms with Gasteiger partial charge in [-0.1, -0.05) is 31.6 Å². The highest BCUT2D eigenvalue weighted by Gasteiger charge is 2.24. The van der Waals surface area contributed by atoms with Gasteiger partial charge < -0.3 is 4.98 Å². The van der Waals surface area contributed by atoms with Gasteiger partial charge in [-0.3, -0.25) is 0 Å². The number of nitrogens with zero attached hydrogens (tertiary/aromatic N) is 2. The van der Waals surface area contributed by atoms with Crippen molar-refractivity contribution in [1.29, 1.82) is 0 Å². The van der Waals surface area contributed by atoms with Crippen LogP contribution in [0, 0.1) is 5.41 Å². The second-order valence-corrected chi connectivity index (χ2v) is 6.33. The number of nitrogens with one attached hydrogen (secondary N) is 2. The van der Waals surface area contributed by atoms with E-state index >= 15 is 0 Å². The third-order valence-electron chi connectivity index (χ3n) is 3.52. The van der Waals surface area contributed by atoms with Crippen LogP contribution in [0.3, 0.4) is 0 Å². The van der Waals surface area contributed by atoms with Crippen LogP contribution >= 0.6 is 0 Å². The smallest absolute Gasteiger partial charge is 0.222 e. The van der Waals surface area contributed by atoms with Gasteiger partial charge in [0.05, 0.1) is 16.7 Å². The summed E-state index contributed by atoms with van der Waals surface area (Å²) >= 11 is 0. The summed E-state index contributed by atoms with van der Waals surface area (Å²) in [6, 6.07) is 7.97. The van der Waals surface area contributed by atoms with Gasteiger partial charge >= 0.3 is 0 Å². The third kappa shape index (κ3) is 2.74. The number of allylic oxidation sites excluding steroid dienone is 2. The molecule has 2 aromatic rings. The monoisotopic (exact) mass is 268 g/mol. The fraction of sp³-hybridized carbons (Fsp3) is 0.375. The molecule has 1 aliphatic rings. The van der Waals surface area contributed by atoms with Crippen LogP contribution in [0.15, 0.2) is 41.0 Å². The molecule has 20 heavy (non-hydrogen) atoms. The van der Waals surface area contributed by atoms with Crippen molar-refractivity contribution in [1.82, 2.24) is 9.97 Å². The molecule has 3 rings (SSSR count). The molecular weight excluding hydrogens is 248 g/mol. The fourth-order valence-corrected chi connectivity index (χ4v) is 2.90. The molecule has 4 nitrogen and oxygen atoms in total. The highest BCUT2D eigenvalue weighted by Crippen LogP contribution is 2.33. The summed E-state index contributed by atoms with van der Waals surface area (Å²) in [5.41, 5.74) is 7.76. The molecule has 0 radical (unpaired) electrons. The predicted octanol–water partition coefficient (Wildman–Crippen LogP) is 4.10. The normalized spacial score (nSPS) is 20.1. The lowest BCUT2D eigenvalue weighted by Crippen LogP contribution is -2.22. The van der Waals surface area contributed by atoms with Gasteiger partial charge in [-0.15, -0.1) is 0 Å². The first-order valence-corrected chi connectivity index (χ1v) is 6.96. The molecule has 1 aromatic heterocycles. The molecule has 0 saturated carbocycles. The summed E-state index contributed by atoms with van der Waals surface area (Å²) in [4.78, 5) is 7.68. The van der Waals surface area contributed by atoms with E-state index in [9.17, 15) is 0 Å². The Hall–Kier alpha value is -2.10. The number of anilines is 1. The maximum absolute atomic E-state index is 4.49. The Morgan fingerprint density at radius 3 is 2.80 bits per heavy atom. The van der Waals surface area contributed by atoms with E-state index in [1.807, 2.05) is 24.3 Å². The maximum atomic E-state index is 4.49. The number of hydrazone groups is 1. The lowest BCUT2D eigenvalue weighted by Gasteiger charge is -2.29. The summed E-state index contributed by atoms with van der Waals surface area (Å²) in [5.74, 6) is 0.688. The topological polar surface area (TPSA) is 53.1 Å². The van der Waals surface area contributed by atoms with Crippen LogP contribution in [0.1, 0.15) is 33.6 Å². The Morgan fingerprint density at radius 2 is 2.05 bits per heavy atom. The van der Waals surface area contributed by atoms with E-state index in [1.54, 1.807) is 0 Å². The molecule has 0 bridgehead atoms. The zero-order chi connectivity index (χ0) is 14.2. The molecule has 0 unspecified atom stereocenters. The van der Waals surface area contributed by atoms with Crippen molar-refractivity contribution in [3.8, 4) is 0 Å². The number of benzene rings is 1. The van der Waals surface area contributed by atoms with Gasteiger partial charge in [-0.05, 0) is 43.4 Å². The maximum Gasteiger partial charge on any atom is 0.222 e. The van der Waals surface area contributed by atoms with Gasteiger partial charge in [0.1, 0.15) is 0 Å². The van der Waals surface area contributed by atoms with Crippen molar-refractivity contribution in [2.75, 3.05) is 5.43 Å². The SMILES string of the molecule is CC1=C/C(=N\Nc2nc3ccccc3[nH]2)CC(C)(C)C1. The highest BCUT2D eigenvalue weighted by atomic mass is 15.4. The van der Waals surface area contributed by atoms with E-state index in [1.165, 1.54) is 5.57 Å². The molecule has 0 amide bonds. The minimum Gasteiger partial charge on any atom is -0.323 e. The van der Waals surface area contributed by atoms with Gasteiger partial charge in [-0.2, -0.15) is 5.10 Å². The van der Waals surface area contributed by atoms with E-state index in [-0.39, 0.29) is 5.41 Å². The van der Waals surface area contributed by atoms with Crippen LogP contribution in [0.25, 0.3) is 11.0 Å². The fourth-order valence-electron chi connectivity index (χ4n) is 2.90. The molecule has 104 valence electrons. The largest absolute Gasteiger partial charge is 0.323 e. The second kappa shape index (κ2) is 4.78. The lowest BCUT2D eigenvalue weighted by molar-refractivity contribution is 0.373. The van der Waals surface area contributed by atoms with E-state index < -0.39 is 0 Å². The number of hydrogen-bond acceptors (Lipinski definition) is 3. The predicted molar refractivity (Wildman–Crippen MR) is 83.9 cm³/mol. The van der Waals surface area contributed by atoms with Crippen molar-refractivity contribution in [3.05, 3.63) is 35.9 Å². The number of fused-ring (bicyclic) bond motifs is 1. The van der Waals surface area contributed by atoms with Gasteiger partial charge in [0.2, 0.25) is 5.95 Å². The number of hydrogen-bond donors (Lipinski definition) is 2. The summed E-state index contributed by atoms with van der Waals surface area (Å²) in [5, 5.41) is 4.49. The Balaban J connectivity index is 1.81. The minimum atomic E-state index is 0.285. The summed E-state index contributed by atoms with van der Waals surface area (Å²) in [7, 11) is 0. The van der Waals surface area contributed by atoms with Crippen molar-refractivity contribution in [2.24, 2.45) is 10.5 Å². The van der Waals surface area contributed by atoms with Crippen LogP contribution in [0.4, 0.5) is 5.95 Å². The van der Waals surface area contributed by atoms with Crippen molar-refractivity contribution in [3.63, 3.8) is 0 Å². The number of rotatable bonds is 2. The molecule has 0 atom stereocenters. The number of aromatic nitrogens is 2. The second-order valence-electron chi connectivity index (χ2n) is 6.33. The van der Waals surface area contributed by atoms with E-state index in [4.69, 9.17) is 0 Å². The van der Waals surface area contributed by atoms with Crippen LogP contribution < -0.4 is 5.43 Å². The molecule has 1 aliphatic carbocycles. The van der Waals surface area contributed by atoms with Crippen LogP contribution in [-0.2, 0) is 0 Å². The highest BCUT2D eigenvalue weighted by molar-refractivity contribution is 5.97. The van der Waals surface area contributed by atoms with E-state index in [2.05, 4.69) is 47.3 Å². The van der Waals surface area contributed by atoms with Crippen molar-refractivity contribution < 1.29 is 0 Å². The average Bonchev–Trinajstić information content (AvgIpc) is 2.76. The molecule has 0 saturated heterocycles. The first-order chi connectivity index (χ1) is 9.52. The summed E-state index contributed by atoms with van der Waals surface area (Å²) < 4.78 is 0. The molecule has 1 aromatic carbocycles. The van der Waals surface area contributed by atoms with E-state index in [0.29, 0.717) is 5.95 Å². The third-order valence-corrected chi connectivity index (χ3v) is 3.52. The minimum absolute atomic E-state index is 0.285. The first kappa shape index (κ1) is 12.9. The molecular formula is C16H20N4. The molecule has 0 fully saturated rings. The number of aromatic amines is 1. The Labute approximate surface area is 119 Å². The van der Waals surface area contributed by atoms with Gasteiger partial charge in [0.25, 0.3) is 0 Å². The summed E-state index contributed by atoms with van der Waals surface area (Å²) in [6.07, 6.45) is 4.29. The van der Waals surface area contributed by atoms with E-state index in [0.717, 1.165) is 29.6 Å². The molecule has 0 spiro atoms. The zero-order valence-corrected chi connectivity index (χ0v) is 12.2. The average molecular weight is 268 g/mol. The Bertz CT molecular complexity index is 658. The number of imidazole rings is 1. The zero-order valence-electron chi connectivity index (χ0n) is 12.2. The molecule has 0 aliphatic heterocycles. The van der Waals surface area contributed by atoms with Gasteiger partial charge in [-0.25, -0.2) is 10.4 Å². The van der Waals surface area contributed by atoms with Gasteiger partial charge in [0, 0.05) is 0 Å². The Kier molecular flexibility index (Phi) is 3.08. The summed E-state index contributed by atoms with van der Waals surface area (Å²) in [6.45, 7) is 6.72. The quantitative estimate of drug-likeness (QED) is 0.806. The van der Waals surface area contributed by atoms with Crippen molar-refractivity contribution >= 4 is 22.7 Å². The van der Waals surface area contributed by atoms with Crippen molar-refractivity contribution in [2.45, 2.75) is 33.6 Å². The first-order valence-electron chi connectivity index (χ1n) is 6.96.